The molecule has 0 N–H and O–H groups in total. The summed E-state index contributed by atoms with van der Waals surface area (Å²) < 4.78 is 78.3. The number of aryl methyl sites for hydroxylation is 1. The fourth-order valence-electron chi connectivity index (χ4n) is 4.46. The van der Waals surface area contributed by atoms with Gasteiger partial charge >= 0.3 is 0 Å². The van der Waals surface area contributed by atoms with Crippen molar-refractivity contribution < 1.29 is 26.7 Å². The van der Waals surface area contributed by atoms with E-state index in [-0.39, 0.29) is 28.9 Å². The number of hydrogen-bond donors (Lipinski definition) is 0. The summed E-state index contributed by atoms with van der Waals surface area (Å²) in [6.07, 6.45) is 5.36. The minimum absolute atomic E-state index is 0.0664. The normalized spacial score (nSPS) is 13.0. The van der Waals surface area contributed by atoms with Crippen molar-refractivity contribution in [1.82, 2.24) is 0 Å². The fraction of sp³-hybridized carbons (Fsp3) is 0.286. The van der Waals surface area contributed by atoms with Gasteiger partial charge in [0.15, 0.2) is 23.2 Å². The van der Waals surface area contributed by atoms with Crippen LogP contribution in [0.5, 0.6) is 5.75 Å². The number of ether oxygens (including phenoxy) is 1. The molecule has 0 saturated heterocycles. The predicted octanol–water partition coefficient (Wildman–Crippen LogP) is 8.28. The fourth-order valence-corrected chi connectivity index (χ4v) is 4.46. The molecule has 3 aromatic carbocycles. The minimum atomic E-state index is -1.19. The molecule has 178 valence electrons. The number of hydrogen-bond acceptors (Lipinski definition) is 1. The summed E-state index contributed by atoms with van der Waals surface area (Å²) in [4.78, 5) is 0. The molecule has 0 aromatic heterocycles. The lowest BCUT2D eigenvalue weighted by molar-refractivity contribution is 0.372. The Morgan fingerprint density at radius 3 is 2.12 bits per heavy atom. The number of halogens is 5. The van der Waals surface area contributed by atoms with Crippen molar-refractivity contribution in [2.45, 2.75) is 45.4 Å². The molecule has 4 rings (SSSR count). The second kappa shape index (κ2) is 10.00. The highest BCUT2D eigenvalue weighted by atomic mass is 19.2. The lowest BCUT2D eigenvalue weighted by atomic mass is 9.86. The third kappa shape index (κ3) is 4.33. The van der Waals surface area contributed by atoms with Gasteiger partial charge in [-0.15, -0.1) is 0 Å². The SMILES string of the molecule is CCCCCc1ccc(C2=Cc3ccc(-c4ccc(OC)c(F)c4F)c(F)c3CC2)c(F)c1F. The second-order valence-corrected chi connectivity index (χ2v) is 8.47. The molecule has 3 aromatic rings. The highest BCUT2D eigenvalue weighted by molar-refractivity contribution is 5.86. The Morgan fingerprint density at radius 1 is 0.706 bits per heavy atom. The topological polar surface area (TPSA) is 9.23 Å². The molecule has 0 amide bonds. The van der Waals surface area contributed by atoms with Gasteiger partial charge in [0.1, 0.15) is 5.82 Å². The minimum Gasteiger partial charge on any atom is -0.494 e. The third-order valence-electron chi connectivity index (χ3n) is 6.37. The molecule has 0 radical (unpaired) electrons. The lowest BCUT2D eigenvalue weighted by Gasteiger charge is -2.20. The lowest BCUT2D eigenvalue weighted by Crippen LogP contribution is -2.07. The van der Waals surface area contributed by atoms with E-state index in [1.807, 2.05) is 6.92 Å². The van der Waals surface area contributed by atoms with E-state index in [0.29, 0.717) is 35.1 Å². The molecule has 0 aliphatic heterocycles. The molecule has 0 atom stereocenters. The molecule has 0 spiro atoms. The van der Waals surface area contributed by atoms with Gasteiger partial charge in [-0.2, -0.15) is 4.39 Å². The highest BCUT2D eigenvalue weighted by Crippen LogP contribution is 2.38. The van der Waals surface area contributed by atoms with Crippen LogP contribution in [-0.2, 0) is 12.8 Å². The Labute approximate surface area is 195 Å². The van der Waals surface area contributed by atoms with Crippen molar-refractivity contribution in [2.75, 3.05) is 7.11 Å². The van der Waals surface area contributed by atoms with Crippen LogP contribution in [0.15, 0.2) is 36.4 Å². The van der Waals surface area contributed by atoms with E-state index in [1.165, 1.54) is 25.3 Å². The Morgan fingerprint density at radius 2 is 1.38 bits per heavy atom. The summed E-state index contributed by atoms with van der Waals surface area (Å²) in [7, 11) is 1.22. The zero-order chi connectivity index (χ0) is 24.4. The Hall–Kier alpha value is -3.15. The van der Waals surface area contributed by atoms with E-state index in [2.05, 4.69) is 0 Å². The molecule has 1 aliphatic carbocycles. The summed E-state index contributed by atoms with van der Waals surface area (Å²) in [6, 6.07) is 8.66. The van der Waals surface area contributed by atoms with Crippen LogP contribution in [0.3, 0.4) is 0 Å². The van der Waals surface area contributed by atoms with Crippen LogP contribution < -0.4 is 4.74 Å². The van der Waals surface area contributed by atoms with Crippen LogP contribution in [0.4, 0.5) is 22.0 Å². The second-order valence-electron chi connectivity index (χ2n) is 8.47. The highest BCUT2D eigenvalue weighted by Gasteiger charge is 2.24. The van der Waals surface area contributed by atoms with Gasteiger partial charge in [0.2, 0.25) is 5.82 Å². The Bertz CT molecular complexity index is 1260. The van der Waals surface area contributed by atoms with Crippen LogP contribution >= 0.6 is 0 Å². The van der Waals surface area contributed by atoms with Crippen LogP contribution in [-0.4, -0.2) is 7.11 Å². The maximum atomic E-state index is 15.3. The summed E-state index contributed by atoms with van der Waals surface area (Å²) in [5.74, 6) is -5.03. The molecule has 0 bridgehead atoms. The van der Waals surface area contributed by atoms with Crippen LogP contribution in [0.25, 0.3) is 22.8 Å². The van der Waals surface area contributed by atoms with E-state index in [1.54, 1.807) is 24.3 Å². The van der Waals surface area contributed by atoms with Crippen LogP contribution in [0.1, 0.15) is 54.9 Å². The zero-order valence-corrected chi connectivity index (χ0v) is 19.1. The number of unbranched alkanes of at least 4 members (excludes halogenated alkanes) is 2. The van der Waals surface area contributed by atoms with Crippen molar-refractivity contribution in [2.24, 2.45) is 0 Å². The molecule has 0 saturated carbocycles. The largest absolute Gasteiger partial charge is 0.494 e. The maximum absolute atomic E-state index is 15.3. The third-order valence-corrected chi connectivity index (χ3v) is 6.37. The van der Waals surface area contributed by atoms with Gasteiger partial charge in [-0.25, -0.2) is 17.6 Å². The first-order valence-electron chi connectivity index (χ1n) is 11.4. The molecular weight excluding hydrogens is 447 g/mol. The van der Waals surface area contributed by atoms with Gasteiger partial charge in [-0.3, -0.25) is 0 Å². The first-order chi connectivity index (χ1) is 16.4. The van der Waals surface area contributed by atoms with Gasteiger partial charge in [0.25, 0.3) is 0 Å². The predicted molar refractivity (Wildman–Crippen MR) is 124 cm³/mol. The van der Waals surface area contributed by atoms with E-state index in [0.717, 1.165) is 19.3 Å². The van der Waals surface area contributed by atoms with Crippen molar-refractivity contribution >= 4 is 11.6 Å². The maximum Gasteiger partial charge on any atom is 0.201 e. The molecule has 0 fully saturated rings. The number of allylic oxidation sites excluding steroid dienone is 1. The zero-order valence-electron chi connectivity index (χ0n) is 19.1. The van der Waals surface area contributed by atoms with Crippen molar-refractivity contribution in [3.63, 3.8) is 0 Å². The van der Waals surface area contributed by atoms with E-state index >= 15 is 4.39 Å². The van der Waals surface area contributed by atoms with Gasteiger partial charge in [-0.1, -0.05) is 50.1 Å². The molecule has 34 heavy (non-hydrogen) atoms. The van der Waals surface area contributed by atoms with Crippen molar-refractivity contribution in [3.8, 4) is 16.9 Å². The van der Waals surface area contributed by atoms with Crippen LogP contribution in [0, 0.1) is 29.1 Å². The summed E-state index contributed by atoms with van der Waals surface area (Å²) in [5, 5.41) is 0. The Kier molecular flexibility index (Phi) is 7.05. The summed E-state index contributed by atoms with van der Waals surface area (Å²) in [6.45, 7) is 2.05. The quantitative estimate of drug-likeness (QED) is 0.248. The first kappa shape index (κ1) is 24.0. The summed E-state index contributed by atoms with van der Waals surface area (Å²) in [5.41, 5.74) is 1.64. The van der Waals surface area contributed by atoms with E-state index < -0.39 is 29.1 Å². The van der Waals surface area contributed by atoms with Crippen molar-refractivity contribution in [1.29, 1.82) is 0 Å². The van der Waals surface area contributed by atoms with Gasteiger partial charge in [0.05, 0.1) is 7.11 Å². The monoisotopic (exact) mass is 472 g/mol. The Balaban J connectivity index is 1.68. The number of fused-ring (bicyclic) bond motifs is 1. The molecule has 6 heteroatoms. The number of methoxy groups -OCH3 is 1. The van der Waals surface area contributed by atoms with Crippen molar-refractivity contribution in [3.05, 3.63) is 87.7 Å². The van der Waals surface area contributed by atoms with E-state index in [4.69, 9.17) is 4.74 Å². The smallest absolute Gasteiger partial charge is 0.201 e. The molecule has 1 nitrogen and oxygen atoms in total. The van der Waals surface area contributed by atoms with Gasteiger partial charge in [0, 0.05) is 16.7 Å². The first-order valence-corrected chi connectivity index (χ1v) is 11.4. The standard InChI is InChI=1S/C28H25F5O/c1-3-4-5-6-16-7-10-20(26(31)24(16)29)18-8-11-19-17(15-18)9-12-21(25(19)30)22-13-14-23(34-2)28(33)27(22)32/h7,9-10,12-15H,3-6,8,11H2,1-2H3. The van der Waals surface area contributed by atoms with E-state index in [9.17, 15) is 17.6 Å². The molecule has 1 aliphatic rings. The summed E-state index contributed by atoms with van der Waals surface area (Å²) >= 11 is 0. The molecular formula is C28H25F5O. The average molecular weight is 472 g/mol. The number of benzene rings is 3. The number of rotatable bonds is 7. The average Bonchev–Trinajstić information content (AvgIpc) is 2.84. The molecule has 0 heterocycles. The van der Waals surface area contributed by atoms with Gasteiger partial charge < -0.3 is 4.74 Å². The van der Waals surface area contributed by atoms with Crippen LogP contribution in [0.2, 0.25) is 0 Å². The van der Waals surface area contributed by atoms with Gasteiger partial charge in [-0.05, 0) is 60.1 Å². The molecule has 0 unspecified atom stereocenters.